The van der Waals surface area contributed by atoms with Gasteiger partial charge in [-0.25, -0.2) is 9.97 Å². The zero-order chi connectivity index (χ0) is 29.9. The molecule has 3 aromatic carbocycles. The van der Waals surface area contributed by atoms with Crippen molar-refractivity contribution in [3.05, 3.63) is 71.8 Å². The number of rotatable bonds is 14. The second kappa shape index (κ2) is 13.0. The molecular weight excluding hydrogens is 536 g/mol. The first kappa shape index (κ1) is 28.8. The molecule has 4 heterocycles. The fraction of sp³-hybridized carbons (Fsp3) is 0.400. The van der Waals surface area contributed by atoms with Gasteiger partial charge in [-0.1, -0.05) is 114 Å². The summed E-state index contributed by atoms with van der Waals surface area (Å²) >= 11 is 0. The predicted octanol–water partition coefficient (Wildman–Crippen LogP) is 11.9. The maximum absolute atomic E-state index is 5.26. The zero-order valence-electron chi connectivity index (χ0n) is 26.6. The van der Waals surface area contributed by atoms with Crippen LogP contribution in [0.4, 0.5) is 0 Å². The first-order chi connectivity index (χ1) is 21.8. The number of nitrogens with one attached hydrogen (secondary N) is 2. The molecule has 0 spiro atoms. The minimum absolute atomic E-state index is 0.897. The second-order valence-electron chi connectivity index (χ2n) is 12.9. The summed E-state index contributed by atoms with van der Waals surface area (Å²) in [7, 11) is 0. The van der Waals surface area contributed by atoms with E-state index in [1.807, 2.05) is 0 Å². The summed E-state index contributed by atoms with van der Waals surface area (Å²) in [4.78, 5) is 17.9. The molecule has 0 aliphatic heterocycles. The quantitative estimate of drug-likeness (QED) is 0.0989. The van der Waals surface area contributed by atoms with E-state index in [4.69, 9.17) is 9.97 Å². The Hall–Kier alpha value is -3.92. The van der Waals surface area contributed by atoms with Crippen LogP contribution in [0.3, 0.4) is 0 Å². The Balaban J connectivity index is 1.47. The van der Waals surface area contributed by atoms with Gasteiger partial charge in [0, 0.05) is 43.4 Å². The molecule has 7 rings (SSSR count). The van der Waals surface area contributed by atoms with Gasteiger partial charge in [0.1, 0.15) is 5.65 Å². The average Bonchev–Trinajstić information content (AvgIpc) is 3.61. The van der Waals surface area contributed by atoms with Crippen molar-refractivity contribution in [1.82, 2.24) is 19.9 Å². The number of aromatic nitrogens is 4. The average molecular weight is 583 g/mol. The van der Waals surface area contributed by atoms with Crippen LogP contribution in [-0.4, -0.2) is 19.9 Å². The third-order valence-corrected chi connectivity index (χ3v) is 9.77. The summed E-state index contributed by atoms with van der Waals surface area (Å²) in [5.41, 5.74) is 9.47. The smallest absolute Gasteiger partial charge is 0.161 e. The Morgan fingerprint density at radius 2 is 1.07 bits per heavy atom. The molecule has 0 amide bonds. The van der Waals surface area contributed by atoms with Crippen LogP contribution in [-0.2, 0) is 12.8 Å². The van der Waals surface area contributed by atoms with E-state index in [9.17, 15) is 0 Å². The molecule has 0 unspecified atom stereocenters. The van der Waals surface area contributed by atoms with Gasteiger partial charge in [-0.05, 0) is 61.1 Å². The topological polar surface area (TPSA) is 57.4 Å². The highest BCUT2D eigenvalue weighted by Crippen LogP contribution is 2.41. The van der Waals surface area contributed by atoms with Crippen molar-refractivity contribution in [3.8, 4) is 0 Å². The summed E-state index contributed by atoms with van der Waals surface area (Å²) in [5, 5.41) is 7.87. The molecule has 0 fully saturated rings. The molecule has 226 valence electrons. The maximum Gasteiger partial charge on any atom is 0.161 e. The lowest BCUT2D eigenvalue weighted by atomic mass is 9.90. The largest absolute Gasteiger partial charge is 0.341 e. The summed E-state index contributed by atoms with van der Waals surface area (Å²) in [6, 6.07) is 21.9. The maximum atomic E-state index is 5.26. The Kier molecular flexibility index (Phi) is 8.50. The molecule has 0 atom stereocenters. The Labute approximate surface area is 260 Å². The molecule has 2 N–H and O–H groups in total. The van der Waals surface area contributed by atoms with E-state index in [1.54, 1.807) is 0 Å². The third kappa shape index (κ3) is 5.33. The second-order valence-corrected chi connectivity index (χ2v) is 12.9. The summed E-state index contributed by atoms with van der Waals surface area (Å²) in [6.07, 6.45) is 17.6. The van der Waals surface area contributed by atoms with Crippen molar-refractivity contribution in [2.45, 2.75) is 104 Å². The van der Waals surface area contributed by atoms with Gasteiger partial charge in [0.05, 0.1) is 11.0 Å². The highest BCUT2D eigenvalue weighted by molar-refractivity contribution is 6.22. The molecule has 44 heavy (non-hydrogen) atoms. The van der Waals surface area contributed by atoms with Crippen LogP contribution in [0.5, 0.6) is 0 Å². The van der Waals surface area contributed by atoms with Gasteiger partial charge >= 0.3 is 0 Å². The van der Waals surface area contributed by atoms with Crippen LogP contribution >= 0.6 is 0 Å². The van der Waals surface area contributed by atoms with E-state index < -0.39 is 0 Å². The number of benzene rings is 3. The van der Waals surface area contributed by atoms with Crippen LogP contribution in [0.1, 0.15) is 102 Å². The van der Waals surface area contributed by atoms with E-state index in [2.05, 4.69) is 84.5 Å². The number of aromatic amines is 2. The van der Waals surface area contributed by atoms with Gasteiger partial charge in [0.25, 0.3) is 0 Å². The molecule has 4 aromatic heterocycles. The molecular formula is C40H46N4. The number of hydrogen-bond donors (Lipinski definition) is 2. The van der Waals surface area contributed by atoms with Crippen molar-refractivity contribution in [2.75, 3.05) is 0 Å². The van der Waals surface area contributed by atoms with Gasteiger partial charge in [-0.3, -0.25) is 0 Å². The number of fused-ring (bicyclic) bond motifs is 9. The number of pyridine rings is 2. The minimum atomic E-state index is 0.897. The predicted molar refractivity (Wildman–Crippen MR) is 190 cm³/mol. The molecule has 0 bridgehead atoms. The van der Waals surface area contributed by atoms with Crippen molar-refractivity contribution >= 4 is 65.7 Å². The summed E-state index contributed by atoms with van der Waals surface area (Å²) in [5.74, 6) is 0. The van der Waals surface area contributed by atoms with Crippen LogP contribution in [0.15, 0.2) is 60.7 Å². The Morgan fingerprint density at radius 1 is 0.477 bits per heavy atom. The molecule has 0 aliphatic carbocycles. The van der Waals surface area contributed by atoms with E-state index in [0.717, 1.165) is 35.2 Å². The number of unbranched alkanes of at least 4 members (excludes halogenated alkanes) is 10. The number of nitrogens with zero attached hydrogens (tertiary/aromatic N) is 2. The minimum Gasteiger partial charge on any atom is -0.341 e. The molecule has 0 saturated heterocycles. The SMILES string of the molecule is CCCCCCCCc1c2c(nc3ccccc32)nc2ccc3[nH]c4[nH]c5ccccc5c4c(CCCCCCCC)c3c12. The fourth-order valence-electron chi connectivity index (χ4n) is 7.57. The van der Waals surface area contributed by atoms with Crippen LogP contribution in [0.25, 0.3) is 65.7 Å². The molecule has 0 aliphatic rings. The Morgan fingerprint density at radius 3 is 1.82 bits per heavy atom. The highest BCUT2D eigenvalue weighted by atomic mass is 14.9. The number of aryl methyl sites for hydroxylation is 2. The molecule has 4 nitrogen and oxygen atoms in total. The Bertz CT molecular complexity index is 1910. The first-order valence-electron chi connectivity index (χ1n) is 17.3. The molecule has 7 aromatic rings. The number of hydrogen-bond acceptors (Lipinski definition) is 2. The van der Waals surface area contributed by atoms with Gasteiger partial charge in [0.15, 0.2) is 5.65 Å². The van der Waals surface area contributed by atoms with E-state index in [-0.39, 0.29) is 0 Å². The van der Waals surface area contributed by atoms with Crippen molar-refractivity contribution in [1.29, 1.82) is 0 Å². The van der Waals surface area contributed by atoms with E-state index in [1.165, 1.54) is 132 Å². The fourth-order valence-corrected chi connectivity index (χ4v) is 7.57. The van der Waals surface area contributed by atoms with Gasteiger partial charge in [-0.2, -0.15) is 0 Å². The van der Waals surface area contributed by atoms with Gasteiger partial charge in [0.2, 0.25) is 0 Å². The lowest BCUT2D eigenvalue weighted by Gasteiger charge is -2.16. The molecule has 0 radical (unpaired) electrons. The van der Waals surface area contributed by atoms with Crippen molar-refractivity contribution in [2.24, 2.45) is 0 Å². The summed E-state index contributed by atoms with van der Waals surface area (Å²) in [6.45, 7) is 4.59. The van der Waals surface area contributed by atoms with E-state index >= 15 is 0 Å². The normalized spacial score (nSPS) is 12.2. The van der Waals surface area contributed by atoms with E-state index in [0.29, 0.717) is 0 Å². The summed E-state index contributed by atoms with van der Waals surface area (Å²) < 4.78 is 0. The first-order valence-corrected chi connectivity index (χ1v) is 17.3. The van der Waals surface area contributed by atoms with Gasteiger partial charge in [-0.15, -0.1) is 0 Å². The van der Waals surface area contributed by atoms with Crippen LogP contribution in [0.2, 0.25) is 0 Å². The monoisotopic (exact) mass is 582 g/mol. The number of H-pyrrole nitrogens is 2. The molecule has 0 saturated carbocycles. The lowest BCUT2D eigenvalue weighted by molar-refractivity contribution is 0.608. The third-order valence-electron chi connectivity index (χ3n) is 9.77. The highest BCUT2D eigenvalue weighted by Gasteiger charge is 2.21. The van der Waals surface area contributed by atoms with Crippen molar-refractivity contribution < 1.29 is 0 Å². The number of para-hydroxylation sites is 2. The van der Waals surface area contributed by atoms with Gasteiger partial charge < -0.3 is 9.97 Å². The lowest BCUT2D eigenvalue weighted by Crippen LogP contribution is -1.99. The molecule has 4 heteroatoms. The zero-order valence-corrected chi connectivity index (χ0v) is 26.6. The van der Waals surface area contributed by atoms with Crippen molar-refractivity contribution in [3.63, 3.8) is 0 Å². The van der Waals surface area contributed by atoms with Crippen LogP contribution < -0.4 is 0 Å². The van der Waals surface area contributed by atoms with Crippen LogP contribution in [0, 0.1) is 0 Å². The standard InChI is InChI=1S/C40H46N4/c1-3-5-7-9-11-13-21-29-35-27-19-15-17-23-31(27)41-39(35)43-33-25-26-34-38(37(29)33)30(22-14-12-10-8-6-4-2)36-28-20-16-18-24-32(28)42-40(36)44-34/h15-20,23-26,41,43H,3-14,21-22H2,1-2H3.